The van der Waals surface area contributed by atoms with Crippen LogP contribution in [0.25, 0.3) is 0 Å². The Bertz CT molecular complexity index is 869. The van der Waals surface area contributed by atoms with E-state index in [2.05, 4.69) is 0 Å². The second kappa shape index (κ2) is 9.32. The summed E-state index contributed by atoms with van der Waals surface area (Å²) >= 11 is 0. The lowest BCUT2D eigenvalue weighted by atomic mass is 9.97. The molecule has 2 rings (SSSR count). The Hall–Kier alpha value is -3.22. The Morgan fingerprint density at radius 3 is 2.07 bits per heavy atom. The van der Waals surface area contributed by atoms with E-state index in [1.54, 1.807) is 24.3 Å². The minimum atomic E-state index is -1.11. The molecule has 1 unspecified atom stereocenters. The van der Waals surface area contributed by atoms with Gasteiger partial charge in [-0.2, -0.15) is 0 Å². The maximum atomic E-state index is 11.1. The molecular formula is C22H27NO6. The average molecular weight is 401 g/mol. The van der Waals surface area contributed by atoms with E-state index in [1.165, 1.54) is 4.90 Å². The topological polar surface area (TPSA) is 107 Å². The van der Waals surface area contributed by atoms with Crippen LogP contribution in [0.15, 0.2) is 30.3 Å². The van der Waals surface area contributed by atoms with Gasteiger partial charge in [0, 0.05) is 11.3 Å². The first-order chi connectivity index (χ1) is 13.6. The summed E-state index contributed by atoms with van der Waals surface area (Å²) in [4.78, 5) is 23.5. The second-order valence-electron chi connectivity index (χ2n) is 7.18. The molecule has 2 aromatic carbocycles. The molecule has 0 aliphatic carbocycles. The van der Waals surface area contributed by atoms with E-state index in [0.29, 0.717) is 17.2 Å². The van der Waals surface area contributed by atoms with Crippen LogP contribution in [0.1, 0.15) is 42.9 Å². The van der Waals surface area contributed by atoms with Crippen LogP contribution in [0.5, 0.6) is 17.2 Å². The van der Waals surface area contributed by atoms with Crippen LogP contribution < -0.4 is 9.64 Å². The third kappa shape index (κ3) is 5.63. The van der Waals surface area contributed by atoms with Gasteiger partial charge in [0.1, 0.15) is 30.3 Å². The minimum Gasteiger partial charge on any atom is -0.508 e. The number of anilines is 1. The smallest absolute Gasteiger partial charge is 0.323 e. The average Bonchev–Trinajstić information content (AvgIpc) is 2.63. The lowest BCUT2D eigenvalue weighted by Gasteiger charge is -2.23. The summed E-state index contributed by atoms with van der Waals surface area (Å²) < 4.78 is 6.06. The molecule has 0 radical (unpaired) electrons. The summed E-state index contributed by atoms with van der Waals surface area (Å²) in [6.07, 6.45) is 0.882. The number of benzene rings is 2. The Morgan fingerprint density at radius 1 is 1.03 bits per heavy atom. The molecule has 7 heteroatoms. The third-order valence-corrected chi connectivity index (χ3v) is 4.82. The molecule has 0 heterocycles. The molecule has 0 fully saturated rings. The number of carboxylic acids is 2. The zero-order valence-electron chi connectivity index (χ0n) is 17.1. The van der Waals surface area contributed by atoms with E-state index >= 15 is 0 Å². The number of hydrogen-bond donors (Lipinski definition) is 3. The number of aromatic hydroxyl groups is 1. The van der Waals surface area contributed by atoms with Crippen LogP contribution in [0.2, 0.25) is 0 Å². The number of phenols is 1. The van der Waals surface area contributed by atoms with Crippen molar-refractivity contribution in [1.29, 1.82) is 0 Å². The van der Waals surface area contributed by atoms with Gasteiger partial charge in [0.25, 0.3) is 0 Å². The van der Waals surface area contributed by atoms with Crippen molar-refractivity contribution >= 4 is 17.6 Å². The molecule has 0 aliphatic heterocycles. The fourth-order valence-corrected chi connectivity index (χ4v) is 3.16. The normalized spacial score (nSPS) is 11.7. The van der Waals surface area contributed by atoms with Crippen LogP contribution in [0, 0.1) is 13.8 Å². The van der Waals surface area contributed by atoms with Crippen LogP contribution in [0.4, 0.5) is 5.69 Å². The first-order valence-electron chi connectivity index (χ1n) is 9.42. The summed E-state index contributed by atoms with van der Waals surface area (Å²) in [5.41, 5.74) is 2.81. The Morgan fingerprint density at radius 2 is 1.59 bits per heavy atom. The van der Waals surface area contributed by atoms with E-state index in [0.717, 1.165) is 23.1 Å². The maximum Gasteiger partial charge on any atom is 0.323 e. The highest BCUT2D eigenvalue weighted by atomic mass is 16.5. The molecule has 0 saturated carbocycles. The molecule has 0 aromatic heterocycles. The molecule has 2 aromatic rings. The summed E-state index contributed by atoms with van der Waals surface area (Å²) in [6, 6.07) is 8.54. The highest BCUT2D eigenvalue weighted by molar-refractivity contribution is 5.80. The van der Waals surface area contributed by atoms with Gasteiger partial charge in [-0.1, -0.05) is 13.8 Å². The van der Waals surface area contributed by atoms with Gasteiger partial charge in [0.2, 0.25) is 0 Å². The highest BCUT2D eigenvalue weighted by Crippen LogP contribution is 2.36. The number of aliphatic carboxylic acids is 2. The molecule has 156 valence electrons. The van der Waals surface area contributed by atoms with Crippen molar-refractivity contribution in [3.63, 3.8) is 0 Å². The lowest BCUT2D eigenvalue weighted by molar-refractivity contribution is -0.136. The standard InChI is InChI=1S/C22H27NO6/c1-5-13(2)18-10-17(6-7-19(18)24)29-22-14(3)8-16(9-15(22)4)23(11-20(25)26)12-21(27)28/h6-10,13,24H,5,11-12H2,1-4H3,(H,25,26)(H,27,28). The monoisotopic (exact) mass is 401 g/mol. The third-order valence-electron chi connectivity index (χ3n) is 4.82. The van der Waals surface area contributed by atoms with Crippen molar-refractivity contribution < 1.29 is 29.6 Å². The first kappa shape index (κ1) is 22.1. The van der Waals surface area contributed by atoms with Crippen LogP contribution in [0.3, 0.4) is 0 Å². The molecule has 29 heavy (non-hydrogen) atoms. The summed E-state index contributed by atoms with van der Waals surface area (Å²) in [7, 11) is 0. The molecule has 0 aliphatic rings. The Labute approximate surface area is 170 Å². The number of hydrogen-bond acceptors (Lipinski definition) is 5. The fourth-order valence-electron chi connectivity index (χ4n) is 3.16. The molecule has 0 saturated heterocycles. The largest absolute Gasteiger partial charge is 0.508 e. The molecule has 1 atom stereocenters. The van der Waals surface area contributed by atoms with Crippen LogP contribution in [-0.4, -0.2) is 40.3 Å². The predicted molar refractivity (Wildman–Crippen MR) is 110 cm³/mol. The lowest BCUT2D eigenvalue weighted by Crippen LogP contribution is -2.34. The molecular weight excluding hydrogens is 374 g/mol. The Kier molecular flexibility index (Phi) is 7.09. The second-order valence-corrected chi connectivity index (χ2v) is 7.18. The van der Waals surface area contributed by atoms with Gasteiger partial charge in [-0.15, -0.1) is 0 Å². The van der Waals surface area contributed by atoms with E-state index < -0.39 is 25.0 Å². The van der Waals surface area contributed by atoms with E-state index in [9.17, 15) is 14.7 Å². The van der Waals surface area contributed by atoms with Crippen molar-refractivity contribution in [2.45, 2.75) is 40.0 Å². The van der Waals surface area contributed by atoms with Crippen molar-refractivity contribution in [2.75, 3.05) is 18.0 Å². The molecule has 0 bridgehead atoms. The molecule has 3 N–H and O–H groups in total. The summed E-state index contributed by atoms with van der Waals surface area (Å²) in [5.74, 6) is -0.602. The van der Waals surface area contributed by atoms with Gasteiger partial charge in [0.15, 0.2) is 0 Å². The van der Waals surface area contributed by atoms with Gasteiger partial charge in [-0.3, -0.25) is 9.59 Å². The maximum absolute atomic E-state index is 11.1. The summed E-state index contributed by atoms with van der Waals surface area (Å²) in [5, 5.41) is 28.3. The Balaban J connectivity index is 2.36. The minimum absolute atomic E-state index is 0.184. The van der Waals surface area contributed by atoms with Gasteiger partial charge in [-0.25, -0.2) is 0 Å². The van der Waals surface area contributed by atoms with Gasteiger partial charge < -0.3 is 25.0 Å². The molecule has 7 nitrogen and oxygen atoms in total. The van der Waals surface area contributed by atoms with Crippen LogP contribution >= 0.6 is 0 Å². The quantitative estimate of drug-likeness (QED) is 0.575. The van der Waals surface area contributed by atoms with Gasteiger partial charge >= 0.3 is 11.9 Å². The first-order valence-corrected chi connectivity index (χ1v) is 9.42. The number of rotatable bonds is 9. The van der Waals surface area contributed by atoms with Gasteiger partial charge in [0.05, 0.1) is 0 Å². The molecule has 0 spiro atoms. The van der Waals surface area contributed by atoms with E-state index in [4.69, 9.17) is 14.9 Å². The number of nitrogens with zero attached hydrogens (tertiary/aromatic N) is 1. The van der Waals surface area contributed by atoms with Crippen molar-refractivity contribution in [3.8, 4) is 17.2 Å². The van der Waals surface area contributed by atoms with Crippen molar-refractivity contribution in [3.05, 3.63) is 47.0 Å². The predicted octanol–water partition coefficient (Wildman–Crippen LogP) is 4.29. The fraction of sp³-hybridized carbons (Fsp3) is 0.364. The molecule has 0 amide bonds. The van der Waals surface area contributed by atoms with Crippen LogP contribution in [-0.2, 0) is 9.59 Å². The van der Waals surface area contributed by atoms with Gasteiger partial charge in [-0.05, 0) is 67.6 Å². The number of aryl methyl sites for hydroxylation is 2. The van der Waals surface area contributed by atoms with Crippen molar-refractivity contribution in [1.82, 2.24) is 0 Å². The number of carbonyl (C=O) groups is 2. The number of carboxylic acid groups (broad SMARTS) is 2. The number of phenolic OH excluding ortho intramolecular Hbond substituents is 1. The zero-order valence-corrected chi connectivity index (χ0v) is 17.1. The summed E-state index contributed by atoms with van der Waals surface area (Å²) in [6.45, 7) is 6.89. The highest BCUT2D eigenvalue weighted by Gasteiger charge is 2.18. The zero-order chi connectivity index (χ0) is 21.7. The van der Waals surface area contributed by atoms with E-state index in [1.807, 2.05) is 33.8 Å². The van der Waals surface area contributed by atoms with Crippen molar-refractivity contribution in [2.24, 2.45) is 0 Å². The van der Waals surface area contributed by atoms with E-state index in [-0.39, 0.29) is 11.7 Å². The SMILES string of the molecule is CCC(C)c1cc(Oc2c(C)cc(N(CC(=O)O)CC(=O)O)cc2C)ccc1O. The number of ether oxygens (including phenoxy) is 1.